The molecule has 22 heavy (non-hydrogen) atoms. The Bertz CT molecular complexity index is 696. The molecule has 0 heterocycles. The highest BCUT2D eigenvalue weighted by atomic mass is 32.2. The fraction of sp³-hybridized carbons (Fsp3) is 0.429. The van der Waals surface area contributed by atoms with E-state index in [1.165, 1.54) is 24.3 Å². The fourth-order valence-corrected chi connectivity index (χ4v) is 3.35. The lowest BCUT2D eigenvalue weighted by Gasteiger charge is -2.28. The maximum Gasteiger partial charge on any atom is 0.329 e. The Morgan fingerprint density at radius 1 is 1.32 bits per heavy atom. The number of aliphatic hydroxyl groups excluding tert-OH is 1. The van der Waals surface area contributed by atoms with Crippen LogP contribution in [0, 0.1) is 11.3 Å². The van der Waals surface area contributed by atoms with E-state index >= 15 is 0 Å². The number of urea groups is 1. The van der Waals surface area contributed by atoms with Gasteiger partial charge in [-0.3, -0.25) is 0 Å². The molecule has 1 saturated carbocycles. The van der Waals surface area contributed by atoms with Gasteiger partial charge in [-0.2, -0.15) is 5.26 Å². The quantitative estimate of drug-likeness (QED) is 0.762. The molecule has 3 N–H and O–H groups in total. The van der Waals surface area contributed by atoms with Crippen LogP contribution < -0.4 is 10.0 Å². The van der Waals surface area contributed by atoms with Gasteiger partial charge in [0, 0.05) is 0 Å². The summed E-state index contributed by atoms with van der Waals surface area (Å²) in [5, 5.41) is 21.0. The van der Waals surface area contributed by atoms with Crippen LogP contribution in [0.2, 0.25) is 0 Å². The minimum absolute atomic E-state index is 0.161. The van der Waals surface area contributed by atoms with E-state index < -0.39 is 28.2 Å². The standard InChI is InChI=1S/C14H17N3O4S/c15-9-10-4-3-5-11(8-10)22(20,21)17-14(19)16-12-6-1-2-7-13(12)18/h3-5,8,12-13,18H,1-2,6-7H2,(H2,16,17,19)/t12-,13-/m1/s1. The van der Waals surface area contributed by atoms with Gasteiger partial charge in [0.05, 0.1) is 28.7 Å². The fourth-order valence-electron chi connectivity index (χ4n) is 2.39. The predicted molar refractivity (Wildman–Crippen MR) is 78.3 cm³/mol. The van der Waals surface area contributed by atoms with Crippen molar-refractivity contribution in [3.8, 4) is 6.07 Å². The van der Waals surface area contributed by atoms with Crippen molar-refractivity contribution in [2.75, 3.05) is 0 Å². The zero-order chi connectivity index (χ0) is 16.2. The van der Waals surface area contributed by atoms with E-state index in [0.29, 0.717) is 12.8 Å². The third-order valence-electron chi connectivity index (χ3n) is 3.55. The third kappa shape index (κ3) is 3.96. The largest absolute Gasteiger partial charge is 0.391 e. The molecule has 118 valence electrons. The minimum atomic E-state index is -4.06. The summed E-state index contributed by atoms with van der Waals surface area (Å²) in [6.45, 7) is 0. The van der Waals surface area contributed by atoms with E-state index in [2.05, 4.69) is 5.32 Å². The van der Waals surface area contributed by atoms with Crippen molar-refractivity contribution in [3.05, 3.63) is 29.8 Å². The number of hydrogen-bond donors (Lipinski definition) is 3. The van der Waals surface area contributed by atoms with Gasteiger partial charge in [0.25, 0.3) is 10.0 Å². The first-order valence-corrected chi connectivity index (χ1v) is 8.42. The van der Waals surface area contributed by atoms with E-state index in [4.69, 9.17) is 5.26 Å². The molecular formula is C14H17N3O4S. The number of rotatable bonds is 3. The second-order valence-corrected chi connectivity index (χ2v) is 6.86. The van der Waals surface area contributed by atoms with Crippen LogP contribution in [0.1, 0.15) is 31.2 Å². The molecule has 0 unspecified atom stereocenters. The van der Waals surface area contributed by atoms with Crippen molar-refractivity contribution >= 4 is 16.1 Å². The number of carbonyl (C=O) groups is 1. The first-order valence-electron chi connectivity index (χ1n) is 6.94. The molecule has 0 aliphatic heterocycles. The van der Waals surface area contributed by atoms with Gasteiger partial charge in [-0.1, -0.05) is 18.9 Å². The molecule has 0 saturated heterocycles. The maximum absolute atomic E-state index is 12.1. The molecule has 2 rings (SSSR count). The average Bonchev–Trinajstić information content (AvgIpc) is 2.49. The molecule has 7 nitrogen and oxygen atoms in total. The predicted octanol–water partition coefficient (Wildman–Crippen LogP) is 0.850. The normalized spacial score (nSPS) is 21.6. The van der Waals surface area contributed by atoms with E-state index in [-0.39, 0.29) is 10.5 Å². The molecule has 1 aliphatic carbocycles. The van der Waals surface area contributed by atoms with E-state index in [9.17, 15) is 18.3 Å². The van der Waals surface area contributed by atoms with Crippen LogP contribution in [0.15, 0.2) is 29.2 Å². The van der Waals surface area contributed by atoms with E-state index in [1.807, 2.05) is 10.8 Å². The van der Waals surface area contributed by atoms with Crippen LogP contribution in [0.25, 0.3) is 0 Å². The smallest absolute Gasteiger partial charge is 0.329 e. The van der Waals surface area contributed by atoms with Crippen molar-refractivity contribution in [1.29, 1.82) is 5.26 Å². The van der Waals surface area contributed by atoms with Crippen LogP contribution in [0.3, 0.4) is 0 Å². The van der Waals surface area contributed by atoms with Gasteiger partial charge in [-0.25, -0.2) is 17.9 Å². The summed E-state index contributed by atoms with van der Waals surface area (Å²) < 4.78 is 26.1. The van der Waals surface area contributed by atoms with Crippen molar-refractivity contribution in [2.24, 2.45) is 0 Å². The van der Waals surface area contributed by atoms with Crippen molar-refractivity contribution < 1.29 is 18.3 Å². The van der Waals surface area contributed by atoms with E-state index in [1.54, 1.807) is 0 Å². The minimum Gasteiger partial charge on any atom is -0.391 e. The number of nitriles is 1. The molecule has 2 atom stereocenters. The summed E-state index contributed by atoms with van der Waals surface area (Å²) in [6.07, 6.45) is 2.30. The Labute approximate surface area is 129 Å². The molecule has 1 aliphatic rings. The Hall–Kier alpha value is -2.11. The summed E-state index contributed by atoms with van der Waals surface area (Å²) in [5.41, 5.74) is 0.186. The van der Waals surface area contributed by atoms with E-state index in [0.717, 1.165) is 12.8 Å². The average molecular weight is 323 g/mol. The molecule has 0 aromatic heterocycles. The SMILES string of the molecule is N#Cc1cccc(S(=O)(=O)NC(=O)N[C@@H]2CCCC[C@H]2O)c1. The number of nitrogens with one attached hydrogen (secondary N) is 2. The number of benzene rings is 1. The molecule has 0 spiro atoms. The number of amides is 2. The number of hydrogen-bond acceptors (Lipinski definition) is 5. The molecule has 1 aromatic rings. The Morgan fingerprint density at radius 3 is 2.73 bits per heavy atom. The highest BCUT2D eigenvalue weighted by molar-refractivity contribution is 7.90. The molecule has 0 radical (unpaired) electrons. The lowest BCUT2D eigenvalue weighted by atomic mass is 9.93. The molecule has 1 aromatic carbocycles. The number of aliphatic hydroxyl groups is 1. The highest BCUT2D eigenvalue weighted by Crippen LogP contribution is 2.18. The summed E-state index contributed by atoms with van der Waals surface area (Å²) in [5.74, 6) is 0. The third-order valence-corrected chi connectivity index (χ3v) is 4.88. The van der Waals surface area contributed by atoms with Crippen LogP contribution in [-0.2, 0) is 10.0 Å². The van der Waals surface area contributed by atoms with Crippen LogP contribution >= 0.6 is 0 Å². The van der Waals surface area contributed by atoms with Crippen LogP contribution in [-0.4, -0.2) is 31.7 Å². The highest BCUT2D eigenvalue weighted by Gasteiger charge is 2.26. The van der Waals surface area contributed by atoms with Gasteiger partial charge in [0.1, 0.15) is 0 Å². The maximum atomic E-state index is 12.1. The van der Waals surface area contributed by atoms with Crippen molar-refractivity contribution in [2.45, 2.75) is 42.7 Å². The van der Waals surface area contributed by atoms with Gasteiger partial charge in [-0.15, -0.1) is 0 Å². The van der Waals surface area contributed by atoms with Gasteiger partial charge < -0.3 is 10.4 Å². The molecular weight excluding hydrogens is 306 g/mol. The molecule has 2 amide bonds. The van der Waals surface area contributed by atoms with Crippen LogP contribution in [0.5, 0.6) is 0 Å². The van der Waals surface area contributed by atoms with Gasteiger partial charge in [0.2, 0.25) is 0 Å². The summed E-state index contributed by atoms with van der Waals surface area (Å²) >= 11 is 0. The number of sulfonamides is 1. The Balaban J connectivity index is 2.04. The van der Waals surface area contributed by atoms with Crippen LogP contribution in [0.4, 0.5) is 4.79 Å². The molecule has 8 heteroatoms. The second kappa shape index (κ2) is 6.77. The Kier molecular flexibility index (Phi) is 5.00. The summed E-state index contributed by atoms with van der Waals surface area (Å²) in [6, 6.07) is 5.89. The lowest BCUT2D eigenvalue weighted by molar-refractivity contribution is 0.0948. The number of nitrogens with zero attached hydrogens (tertiary/aromatic N) is 1. The van der Waals surface area contributed by atoms with Crippen molar-refractivity contribution in [1.82, 2.24) is 10.0 Å². The first kappa shape index (κ1) is 16.3. The number of carbonyl (C=O) groups excluding carboxylic acids is 1. The zero-order valence-electron chi connectivity index (χ0n) is 11.8. The van der Waals surface area contributed by atoms with Gasteiger partial charge >= 0.3 is 6.03 Å². The van der Waals surface area contributed by atoms with Gasteiger partial charge in [-0.05, 0) is 31.0 Å². The summed E-state index contributed by atoms with van der Waals surface area (Å²) in [7, 11) is -4.06. The van der Waals surface area contributed by atoms with Crippen molar-refractivity contribution in [3.63, 3.8) is 0 Å². The van der Waals surface area contributed by atoms with Gasteiger partial charge in [0.15, 0.2) is 0 Å². The zero-order valence-corrected chi connectivity index (χ0v) is 12.6. The molecule has 1 fully saturated rings. The Morgan fingerprint density at radius 2 is 2.05 bits per heavy atom. The first-order chi connectivity index (χ1) is 10.4. The monoisotopic (exact) mass is 323 g/mol. The molecule has 0 bridgehead atoms. The lowest BCUT2D eigenvalue weighted by Crippen LogP contribution is -2.50. The second-order valence-electron chi connectivity index (χ2n) is 5.18. The topological polar surface area (TPSA) is 119 Å². The summed E-state index contributed by atoms with van der Waals surface area (Å²) in [4.78, 5) is 11.7.